The van der Waals surface area contributed by atoms with E-state index in [0.29, 0.717) is 6.54 Å². The Labute approximate surface area is 108 Å². The monoisotopic (exact) mass is 246 g/mol. The zero-order valence-corrected chi connectivity index (χ0v) is 10.8. The van der Waals surface area contributed by atoms with Gasteiger partial charge in [0.15, 0.2) is 0 Å². The van der Waals surface area contributed by atoms with Crippen molar-refractivity contribution in [1.29, 1.82) is 5.26 Å². The van der Waals surface area contributed by atoms with E-state index in [9.17, 15) is 4.79 Å². The Morgan fingerprint density at radius 2 is 2.28 bits per heavy atom. The Morgan fingerprint density at radius 3 is 2.89 bits per heavy atom. The van der Waals surface area contributed by atoms with Crippen LogP contribution >= 0.6 is 0 Å². The van der Waals surface area contributed by atoms with Gasteiger partial charge in [0.05, 0.1) is 13.2 Å². The number of amides is 1. The topological polar surface area (TPSA) is 62.1 Å². The lowest BCUT2D eigenvalue weighted by Crippen LogP contribution is -2.24. The maximum atomic E-state index is 11.1. The SMILES string of the molecule is CCc1cc(CCNC(=O)CC#N)ccc1OC. The largest absolute Gasteiger partial charge is 0.496 e. The van der Waals surface area contributed by atoms with Gasteiger partial charge in [-0.05, 0) is 30.0 Å². The molecule has 4 heteroatoms. The average molecular weight is 246 g/mol. The Morgan fingerprint density at radius 1 is 1.50 bits per heavy atom. The zero-order valence-electron chi connectivity index (χ0n) is 10.8. The van der Waals surface area contributed by atoms with Crippen LogP contribution in [0.1, 0.15) is 24.5 Å². The molecule has 0 aliphatic carbocycles. The number of nitrogens with one attached hydrogen (secondary N) is 1. The van der Waals surface area contributed by atoms with Gasteiger partial charge in [-0.2, -0.15) is 5.26 Å². The average Bonchev–Trinajstić information content (AvgIpc) is 2.38. The van der Waals surface area contributed by atoms with Crippen LogP contribution < -0.4 is 10.1 Å². The van der Waals surface area contributed by atoms with E-state index < -0.39 is 0 Å². The predicted molar refractivity (Wildman–Crippen MR) is 69.3 cm³/mol. The highest BCUT2D eigenvalue weighted by Crippen LogP contribution is 2.20. The molecule has 0 aromatic heterocycles. The number of methoxy groups -OCH3 is 1. The Kier molecular flexibility index (Phi) is 5.72. The molecule has 18 heavy (non-hydrogen) atoms. The second-order valence-electron chi connectivity index (χ2n) is 3.93. The third-order valence-electron chi connectivity index (χ3n) is 2.70. The molecule has 1 aromatic carbocycles. The maximum Gasteiger partial charge on any atom is 0.234 e. The number of carbonyl (C=O) groups is 1. The summed E-state index contributed by atoms with van der Waals surface area (Å²) in [6.45, 7) is 2.63. The maximum absolute atomic E-state index is 11.1. The van der Waals surface area contributed by atoms with E-state index in [2.05, 4.69) is 18.3 Å². The van der Waals surface area contributed by atoms with Gasteiger partial charge >= 0.3 is 0 Å². The van der Waals surface area contributed by atoms with Gasteiger partial charge in [-0.1, -0.05) is 19.1 Å². The minimum atomic E-state index is -0.221. The van der Waals surface area contributed by atoms with Crippen molar-refractivity contribution in [1.82, 2.24) is 5.32 Å². The normalized spacial score (nSPS) is 9.61. The second kappa shape index (κ2) is 7.33. The molecule has 0 saturated carbocycles. The van der Waals surface area contributed by atoms with E-state index in [4.69, 9.17) is 10.00 Å². The highest BCUT2D eigenvalue weighted by atomic mass is 16.5. The van der Waals surface area contributed by atoms with Crippen molar-refractivity contribution < 1.29 is 9.53 Å². The zero-order chi connectivity index (χ0) is 13.4. The van der Waals surface area contributed by atoms with Crippen LogP contribution in [0.25, 0.3) is 0 Å². The molecule has 0 aliphatic rings. The molecule has 0 spiro atoms. The fraction of sp³-hybridized carbons (Fsp3) is 0.429. The number of nitriles is 1. The van der Waals surface area contributed by atoms with Crippen LogP contribution in [0, 0.1) is 11.3 Å². The van der Waals surface area contributed by atoms with Gasteiger partial charge in [-0.15, -0.1) is 0 Å². The third-order valence-corrected chi connectivity index (χ3v) is 2.70. The fourth-order valence-corrected chi connectivity index (χ4v) is 1.74. The summed E-state index contributed by atoms with van der Waals surface area (Å²) in [6.07, 6.45) is 1.59. The van der Waals surface area contributed by atoms with Gasteiger partial charge in [0, 0.05) is 6.54 Å². The van der Waals surface area contributed by atoms with Crippen molar-refractivity contribution >= 4 is 5.91 Å². The van der Waals surface area contributed by atoms with Crippen LogP contribution in [-0.2, 0) is 17.6 Å². The molecule has 0 unspecified atom stereocenters. The Balaban J connectivity index is 2.53. The first-order chi connectivity index (χ1) is 8.71. The molecule has 0 radical (unpaired) electrons. The van der Waals surface area contributed by atoms with Crippen LogP contribution in [0.4, 0.5) is 0 Å². The number of aryl methyl sites for hydroxylation is 1. The van der Waals surface area contributed by atoms with Crippen LogP contribution in [0.15, 0.2) is 18.2 Å². The summed E-state index contributed by atoms with van der Waals surface area (Å²) in [6, 6.07) is 7.86. The number of hydrogen-bond donors (Lipinski definition) is 1. The van der Waals surface area contributed by atoms with Crippen molar-refractivity contribution in [2.45, 2.75) is 26.2 Å². The number of hydrogen-bond acceptors (Lipinski definition) is 3. The molecule has 1 N–H and O–H groups in total. The minimum absolute atomic E-state index is 0.0805. The van der Waals surface area contributed by atoms with Crippen LogP contribution in [0.5, 0.6) is 5.75 Å². The molecule has 1 rings (SSSR count). The Bertz CT molecular complexity index is 450. The van der Waals surface area contributed by atoms with E-state index in [1.807, 2.05) is 18.2 Å². The highest BCUT2D eigenvalue weighted by molar-refractivity contribution is 5.77. The summed E-state index contributed by atoms with van der Waals surface area (Å²) in [5, 5.41) is 11.1. The number of nitrogens with zero attached hydrogens (tertiary/aromatic N) is 1. The number of rotatable bonds is 6. The van der Waals surface area contributed by atoms with Crippen molar-refractivity contribution in [3.05, 3.63) is 29.3 Å². The summed E-state index contributed by atoms with van der Waals surface area (Å²) in [7, 11) is 1.66. The van der Waals surface area contributed by atoms with Crippen molar-refractivity contribution in [2.24, 2.45) is 0 Å². The molecular formula is C14H18N2O2. The lowest BCUT2D eigenvalue weighted by Gasteiger charge is -2.09. The molecule has 96 valence electrons. The highest BCUT2D eigenvalue weighted by Gasteiger charge is 2.03. The Hall–Kier alpha value is -2.02. The summed E-state index contributed by atoms with van der Waals surface area (Å²) >= 11 is 0. The van der Waals surface area contributed by atoms with Gasteiger partial charge in [0.2, 0.25) is 5.91 Å². The molecule has 4 nitrogen and oxygen atoms in total. The fourth-order valence-electron chi connectivity index (χ4n) is 1.74. The molecule has 0 heterocycles. The summed E-state index contributed by atoms with van der Waals surface area (Å²) in [4.78, 5) is 11.1. The number of benzene rings is 1. The minimum Gasteiger partial charge on any atom is -0.496 e. The van der Waals surface area contributed by atoms with Gasteiger partial charge in [0.1, 0.15) is 12.2 Å². The van der Waals surface area contributed by atoms with Crippen molar-refractivity contribution in [3.63, 3.8) is 0 Å². The summed E-state index contributed by atoms with van der Waals surface area (Å²) < 4.78 is 5.26. The first-order valence-corrected chi connectivity index (χ1v) is 6.00. The number of ether oxygens (including phenoxy) is 1. The van der Waals surface area contributed by atoms with Crippen LogP contribution in [0.2, 0.25) is 0 Å². The first kappa shape index (κ1) is 14.0. The summed E-state index contributed by atoms with van der Waals surface area (Å²) in [5.74, 6) is 0.677. The molecule has 1 aromatic rings. The van der Waals surface area contributed by atoms with E-state index in [0.717, 1.165) is 24.2 Å². The predicted octanol–water partition coefficient (Wildman–Crippen LogP) is 1.83. The summed E-state index contributed by atoms with van der Waals surface area (Å²) in [5.41, 5.74) is 2.32. The molecule has 0 atom stereocenters. The molecular weight excluding hydrogens is 228 g/mol. The number of carbonyl (C=O) groups excluding carboxylic acids is 1. The van der Waals surface area contributed by atoms with E-state index in [1.165, 1.54) is 5.56 Å². The van der Waals surface area contributed by atoms with Crippen molar-refractivity contribution in [3.8, 4) is 11.8 Å². The van der Waals surface area contributed by atoms with Gasteiger partial charge in [0.25, 0.3) is 0 Å². The molecule has 0 fully saturated rings. The van der Waals surface area contributed by atoms with Gasteiger partial charge < -0.3 is 10.1 Å². The van der Waals surface area contributed by atoms with E-state index in [1.54, 1.807) is 7.11 Å². The first-order valence-electron chi connectivity index (χ1n) is 6.00. The molecule has 0 bridgehead atoms. The van der Waals surface area contributed by atoms with Gasteiger partial charge in [-0.25, -0.2) is 0 Å². The van der Waals surface area contributed by atoms with Crippen molar-refractivity contribution in [2.75, 3.05) is 13.7 Å². The van der Waals surface area contributed by atoms with Gasteiger partial charge in [-0.3, -0.25) is 4.79 Å². The van der Waals surface area contributed by atoms with E-state index >= 15 is 0 Å². The lowest BCUT2D eigenvalue weighted by atomic mass is 10.1. The molecule has 0 aliphatic heterocycles. The quantitative estimate of drug-likeness (QED) is 0.833. The van der Waals surface area contributed by atoms with Crippen LogP contribution in [0.3, 0.4) is 0 Å². The molecule has 0 saturated heterocycles. The van der Waals surface area contributed by atoms with Crippen LogP contribution in [-0.4, -0.2) is 19.6 Å². The lowest BCUT2D eigenvalue weighted by molar-refractivity contribution is -0.120. The standard InChI is InChI=1S/C14H18N2O2/c1-3-12-10-11(4-5-13(12)18-2)7-9-16-14(17)6-8-15/h4-5,10H,3,6-7,9H2,1-2H3,(H,16,17). The second-order valence-corrected chi connectivity index (χ2v) is 3.93. The smallest absolute Gasteiger partial charge is 0.234 e. The van der Waals surface area contributed by atoms with E-state index in [-0.39, 0.29) is 12.3 Å². The third kappa shape index (κ3) is 4.10. The molecule has 1 amide bonds.